The number of carbonyl (C=O) groups excluding carboxylic acids is 1. The number of carbonyl (C=O) groups is 1. The van der Waals surface area contributed by atoms with Gasteiger partial charge in [0.1, 0.15) is 5.76 Å². The molecular weight excluding hydrogens is 222 g/mol. The van der Waals surface area contributed by atoms with Gasteiger partial charge in [0.05, 0.1) is 0 Å². The highest BCUT2D eigenvalue weighted by Gasteiger charge is 2.06. The number of amides is 1. The number of hydrogen-bond donors (Lipinski definition) is 1. The molecule has 1 amide bonds. The van der Waals surface area contributed by atoms with Crippen molar-refractivity contribution in [2.75, 3.05) is 11.1 Å². The van der Waals surface area contributed by atoms with Crippen LogP contribution in [-0.4, -0.2) is 11.8 Å². The van der Waals surface area contributed by atoms with Gasteiger partial charge < -0.3 is 4.74 Å². The molecule has 1 aromatic rings. The highest BCUT2D eigenvalue weighted by atomic mass is 32.2. The molecule has 1 aliphatic rings. The Hall–Kier alpha value is -1.68. The monoisotopic (exact) mass is 233 g/mol. The van der Waals surface area contributed by atoms with Crippen LogP contribution in [0.3, 0.4) is 0 Å². The van der Waals surface area contributed by atoms with Gasteiger partial charge in [0.15, 0.2) is 0 Å². The maximum Gasteiger partial charge on any atom is 0.417 e. The van der Waals surface area contributed by atoms with E-state index in [1.165, 1.54) is 0 Å². The van der Waals surface area contributed by atoms with Crippen molar-refractivity contribution < 1.29 is 9.53 Å². The van der Waals surface area contributed by atoms with Crippen LogP contribution in [-0.2, 0) is 4.74 Å². The number of thioether (sulfide) groups is 1. The number of benzene rings is 1. The number of hydrogen-bond acceptors (Lipinski definition) is 3. The van der Waals surface area contributed by atoms with Gasteiger partial charge in [0.25, 0.3) is 0 Å². The van der Waals surface area contributed by atoms with Gasteiger partial charge in [-0.25, -0.2) is 4.79 Å². The molecule has 2 rings (SSSR count). The molecule has 0 aromatic heterocycles. The third-order valence-electron chi connectivity index (χ3n) is 1.94. The molecule has 16 heavy (non-hydrogen) atoms. The van der Waals surface area contributed by atoms with Gasteiger partial charge in [0.2, 0.25) is 0 Å². The number of nitrogens with one attached hydrogen (secondary N) is 1. The lowest BCUT2D eigenvalue weighted by molar-refractivity contribution is 0.194. The van der Waals surface area contributed by atoms with E-state index >= 15 is 0 Å². The Labute approximate surface area is 98.2 Å². The first-order chi connectivity index (χ1) is 7.84. The first kappa shape index (κ1) is 10.8. The number of anilines is 1. The van der Waals surface area contributed by atoms with Gasteiger partial charge in [-0.05, 0) is 29.7 Å². The van der Waals surface area contributed by atoms with Crippen LogP contribution >= 0.6 is 11.8 Å². The Morgan fingerprint density at radius 2 is 2.12 bits per heavy atom. The minimum Gasteiger partial charge on any atom is -0.410 e. The van der Waals surface area contributed by atoms with E-state index in [0.29, 0.717) is 5.76 Å². The van der Waals surface area contributed by atoms with Gasteiger partial charge in [-0.3, -0.25) is 5.32 Å². The van der Waals surface area contributed by atoms with Crippen LogP contribution in [0.5, 0.6) is 0 Å². The summed E-state index contributed by atoms with van der Waals surface area (Å²) >= 11 is 1.66. The van der Waals surface area contributed by atoms with Gasteiger partial charge >= 0.3 is 6.09 Å². The molecule has 4 heteroatoms. The second-order valence-corrected chi connectivity index (χ2v) is 4.06. The summed E-state index contributed by atoms with van der Waals surface area (Å²) in [5.41, 5.74) is 0.724. The molecule has 0 spiro atoms. The summed E-state index contributed by atoms with van der Waals surface area (Å²) in [6.45, 7) is 0. The van der Waals surface area contributed by atoms with Gasteiger partial charge in [0, 0.05) is 11.4 Å². The molecular formula is C12H11NO2S. The molecule has 0 fully saturated rings. The molecule has 1 heterocycles. The Bertz CT molecular complexity index is 426. The normalized spacial score (nSPS) is 14.1. The number of allylic oxidation sites excluding steroid dienone is 1. The first-order valence-electron chi connectivity index (χ1n) is 4.87. The second kappa shape index (κ2) is 5.42. The molecule has 0 radical (unpaired) electrons. The van der Waals surface area contributed by atoms with Gasteiger partial charge in [-0.1, -0.05) is 18.2 Å². The third-order valence-corrected chi connectivity index (χ3v) is 2.63. The highest BCUT2D eigenvalue weighted by molar-refractivity contribution is 8.02. The van der Waals surface area contributed by atoms with Crippen molar-refractivity contribution in [3.63, 3.8) is 0 Å². The van der Waals surface area contributed by atoms with Crippen molar-refractivity contribution in [1.82, 2.24) is 0 Å². The van der Waals surface area contributed by atoms with Crippen LogP contribution < -0.4 is 5.32 Å². The summed E-state index contributed by atoms with van der Waals surface area (Å²) in [6.07, 6.45) is 3.18. The van der Waals surface area contributed by atoms with Crippen molar-refractivity contribution in [2.24, 2.45) is 0 Å². The number of rotatable bonds is 2. The van der Waals surface area contributed by atoms with E-state index in [1.54, 1.807) is 17.8 Å². The van der Waals surface area contributed by atoms with E-state index in [-0.39, 0.29) is 0 Å². The zero-order valence-electron chi connectivity index (χ0n) is 8.55. The second-order valence-electron chi connectivity index (χ2n) is 3.12. The van der Waals surface area contributed by atoms with Crippen molar-refractivity contribution in [1.29, 1.82) is 0 Å². The smallest absolute Gasteiger partial charge is 0.410 e. The Morgan fingerprint density at radius 3 is 2.81 bits per heavy atom. The van der Waals surface area contributed by atoms with E-state index in [4.69, 9.17) is 4.74 Å². The van der Waals surface area contributed by atoms with Crippen LogP contribution in [0.2, 0.25) is 0 Å². The maximum atomic E-state index is 11.5. The fourth-order valence-corrected chi connectivity index (χ4v) is 1.82. The Balaban J connectivity index is 1.89. The van der Waals surface area contributed by atoms with E-state index in [1.807, 2.05) is 41.8 Å². The quantitative estimate of drug-likeness (QED) is 0.851. The SMILES string of the molecule is O=C(Nc1ccccc1)OC1=CCSC=C1. The van der Waals surface area contributed by atoms with Crippen molar-refractivity contribution in [3.05, 3.63) is 53.7 Å². The summed E-state index contributed by atoms with van der Waals surface area (Å²) in [7, 11) is 0. The van der Waals surface area contributed by atoms with E-state index in [0.717, 1.165) is 11.4 Å². The zero-order valence-corrected chi connectivity index (χ0v) is 9.37. The lowest BCUT2D eigenvalue weighted by Crippen LogP contribution is -2.13. The predicted molar refractivity (Wildman–Crippen MR) is 66.2 cm³/mol. The molecule has 0 aliphatic carbocycles. The zero-order chi connectivity index (χ0) is 11.2. The molecule has 1 aliphatic heterocycles. The molecule has 82 valence electrons. The molecule has 0 saturated heterocycles. The third kappa shape index (κ3) is 3.17. The summed E-state index contributed by atoms with van der Waals surface area (Å²) < 4.78 is 5.11. The average Bonchev–Trinajstić information content (AvgIpc) is 2.31. The molecule has 3 nitrogen and oxygen atoms in total. The lowest BCUT2D eigenvalue weighted by atomic mass is 10.3. The molecule has 0 unspecified atom stereocenters. The fourth-order valence-electron chi connectivity index (χ4n) is 1.22. The molecule has 0 bridgehead atoms. The highest BCUT2D eigenvalue weighted by Crippen LogP contribution is 2.15. The largest absolute Gasteiger partial charge is 0.417 e. The minimum atomic E-state index is -0.464. The van der Waals surface area contributed by atoms with Crippen molar-refractivity contribution in [2.45, 2.75) is 0 Å². The predicted octanol–water partition coefficient (Wildman–Crippen LogP) is 3.38. The average molecular weight is 233 g/mol. The number of para-hydroxylation sites is 1. The molecule has 0 atom stereocenters. The van der Waals surface area contributed by atoms with Gasteiger partial charge in [-0.2, -0.15) is 0 Å². The Morgan fingerprint density at radius 1 is 1.31 bits per heavy atom. The number of ether oxygens (including phenoxy) is 1. The van der Waals surface area contributed by atoms with Crippen LogP contribution in [0.1, 0.15) is 0 Å². The van der Waals surface area contributed by atoms with Crippen LogP contribution in [0.15, 0.2) is 53.7 Å². The molecule has 1 N–H and O–H groups in total. The lowest BCUT2D eigenvalue weighted by Gasteiger charge is -2.08. The van der Waals surface area contributed by atoms with Crippen molar-refractivity contribution in [3.8, 4) is 0 Å². The summed E-state index contributed by atoms with van der Waals surface area (Å²) in [4.78, 5) is 11.5. The standard InChI is InChI=1S/C12H11NO2S/c14-12(13-10-4-2-1-3-5-10)15-11-6-8-16-9-7-11/h1-8H,9H2,(H,13,14). The van der Waals surface area contributed by atoms with Gasteiger partial charge in [-0.15, -0.1) is 11.8 Å². The van der Waals surface area contributed by atoms with Crippen molar-refractivity contribution >= 4 is 23.5 Å². The minimum absolute atomic E-state index is 0.464. The van der Waals surface area contributed by atoms with Crippen LogP contribution in [0, 0.1) is 0 Å². The Kier molecular flexibility index (Phi) is 3.66. The molecule has 0 saturated carbocycles. The summed E-state index contributed by atoms with van der Waals surface area (Å²) in [5, 5.41) is 4.55. The summed E-state index contributed by atoms with van der Waals surface area (Å²) in [5.74, 6) is 1.43. The fraction of sp³-hybridized carbons (Fsp3) is 0.0833. The van der Waals surface area contributed by atoms with Crippen LogP contribution in [0.4, 0.5) is 10.5 Å². The van der Waals surface area contributed by atoms with E-state index in [2.05, 4.69) is 5.32 Å². The van der Waals surface area contributed by atoms with E-state index in [9.17, 15) is 4.79 Å². The maximum absolute atomic E-state index is 11.5. The van der Waals surface area contributed by atoms with Crippen LogP contribution in [0.25, 0.3) is 0 Å². The molecule has 1 aromatic carbocycles. The summed E-state index contributed by atoms with van der Waals surface area (Å²) in [6, 6.07) is 9.21. The van der Waals surface area contributed by atoms with E-state index < -0.39 is 6.09 Å². The first-order valence-corrected chi connectivity index (χ1v) is 5.92. The topological polar surface area (TPSA) is 38.3 Å².